The van der Waals surface area contributed by atoms with Gasteiger partial charge in [-0.1, -0.05) is 24.3 Å². The van der Waals surface area contributed by atoms with E-state index in [-0.39, 0.29) is 59.6 Å². The first-order valence-electron chi connectivity index (χ1n) is 11.7. The largest absolute Gasteiger partial charge is 0.469 e. The maximum Gasteiger partial charge on any atom is 0.307 e. The van der Waals surface area contributed by atoms with Crippen LogP contribution in [0.4, 0.5) is 4.39 Å². The van der Waals surface area contributed by atoms with Crippen molar-refractivity contribution in [2.24, 2.45) is 5.92 Å². The smallest absolute Gasteiger partial charge is 0.307 e. The molecule has 0 bridgehead atoms. The number of thiol groups is 1. The predicted molar refractivity (Wildman–Crippen MR) is 140 cm³/mol. The molecule has 1 aromatic rings. The van der Waals surface area contributed by atoms with Gasteiger partial charge in [0.25, 0.3) is 0 Å². The van der Waals surface area contributed by atoms with Crippen LogP contribution in [-0.4, -0.2) is 66.1 Å². The number of likely N-dealkylation sites (tertiary alicyclic amines) is 2. The third-order valence-electron chi connectivity index (χ3n) is 7.03. The Hall–Kier alpha value is -1.12. The van der Waals surface area contributed by atoms with Crippen LogP contribution in [0.1, 0.15) is 50.1 Å². The number of rotatable bonds is 8. The lowest BCUT2D eigenvalue weighted by Gasteiger charge is -2.38. The molecule has 5 nitrogen and oxygen atoms in total. The van der Waals surface area contributed by atoms with Crippen LogP contribution in [0.3, 0.4) is 0 Å². The molecular weight excluding hydrogens is 498 g/mol. The lowest BCUT2D eigenvalue weighted by molar-refractivity contribution is -0.141. The molecule has 0 spiro atoms. The number of halogens is 3. The van der Waals surface area contributed by atoms with E-state index >= 15 is 0 Å². The first kappa shape index (κ1) is 29.1. The number of carbonyl (C=O) groups excluding carboxylic acids is 2. The van der Waals surface area contributed by atoms with Crippen molar-refractivity contribution in [3.05, 3.63) is 47.3 Å². The average Bonchev–Trinajstić information content (AvgIpc) is 3.55. The van der Waals surface area contributed by atoms with Gasteiger partial charge < -0.3 is 4.74 Å². The van der Waals surface area contributed by atoms with Crippen LogP contribution in [0.5, 0.6) is 0 Å². The van der Waals surface area contributed by atoms with Gasteiger partial charge in [0.1, 0.15) is 5.82 Å². The maximum absolute atomic E-state index is 14.7. The van der Waals surface area contributed by atoms with Gasteiger partial charge in [-0.25, -0.2) is 4.39 Å². The Morgan fingerprint density at radius 1 is 1.18 bits per heavy atom. The molecule has 190 valence electrons. The number of ketones is 1. The fourth-order valence-corrected chi connectivity index (χ4v) is 5.31. The number of hydrogen-bond acceptors (Lipinski definition) is 6. The minimum absolute atomic E-state index is 0. The summed E-state index contributed by atoms with van der Waals surface area (Å²) < 4.78 is 19.5. The summed E-state index contributed by atoms with van der Waals surface area (Å²) in [6, 6.07) is 6.34. The van der Waals surface area contributed by atoms with Crippen LogP contribution < -0.4 is 0 Å². The zero-order chi connectivity index (χ0) is 22.7. The lowest BCUT2D eigenvalue weighted by atomic mass is 9.93. The first-order valence-corrected chi connectivity index (χ1v) is 12.2. The lowest BCUT2D eigenvalue weighted by Crippen LogP contribution is -2.43. The van der Waals surface area contributed by atoms with Crippen LogP contribution in [0.25, 0.3) is 0 Å². The summed E-state index contributed by atoms with van der Waals surface area (Å²) in [7, 11) is 1.43. The number of esters is 1. The van der Waals surface area contributed by atoms with Crippen molar-refractivity contribution in [2.75, 3.05) is 33.3 Å². The number of carbonyl (C=O) groups is 2. The van der Waals surface area contributed by atoms with Gasteiger partial charge in [-0.2, -0.15) is 12.6 Å². The van der Waals surface area contributed by atoms with Gasteiger partial charge in [-0.3, -0.25) is 19.4 Å². The van der Waals surface area contributed by atoms with Gasteiger partial charge >= 0.3 is 5.97 Å². The van der Waals surface area contributed by atoms with Crippen LogP contribution in [-0.2, 0) is 14.3 Å². The Morgan fingerprint density at radius 3 is 2.59 bits per heavy atom. The molecule has 3 aliphatic rings. The Bertz CT molecular complexity index is 883. The highest BCUT2D eigenvalue weighted by molar-refractivity contribution is 7.81. The topological polar surface area (TPSA) is 49.9 Å². The van der Waals surface area contributed by atoms with E-state index < -0.39 is 6.04 Å². The summed E-state index contributed by atoms with van der Waals surface area (Å²) in [4.78, 5) is 29.4. The summed E-state index contributed by atoms with van der Waals surface area (Å²) in [5.41, 5.74) is 1.66. The Morgan fingerprint density at radius 2 is 1.91 bits per heavy atom. The van der Waals surface area contributed by atoms with E-state index in [9.17, 15) is 14.0 Å². The highest BCUT2D eigenvalue weighted by Gasteiger charge is 2.41. The van der Waals surface area contributed by atoms with E-state index in [0.717, 1.165) is 51.7 Å². The number of hydrogen-bond donors (Lipinski definition) is 1. The zero-order valence-electron chi connectivity index (χ0n) is 19.5. The molecule has 0 amide bonds. The van der Waals surface area contributed by atoms with Gasteiger partial charge in [0.05, 0.1) is 19.6 Å². The summed E-state index contributed by atoms with van der Waals surface area (Å²) in [6.45, 7) is 3.05. The van der Waals surface area contributed by atoms with E-state index in [1.807, 2.05) is 6.07 Å². The molecule has 0 radical (unpaired) electrons. The molecule has 3 atom stereocenters. The molecule has 4 rings (SSSR count). The highest BCUT2D eigenvalue weighted by atomic mass is 35.5. The monoisotopic (exact) mass is 532 g/mol. The zero-order valence-corrected chi connectivity index (χ0v) is 22.1. The van der Waals surface area contributed by atoms with Crippen LogP contribution >= 0.6 is 37.4 Å². The molecular formula is C25H35Cl2FN2O3S. The van der Waals surface area contributed by atoms with Crippen molar-refractivity contribution in [3.63, 3.8) is 0 Å². The fraction of sp³-hybridized carbons (Fsp3) is 0.600. The Kier molecular flexibility index (Phi) is 11.4. The molecule has 0 aromatic heterocycles. The van der Waals surface area contributed by atoms with E-state index in [1.165, 1.54) is 18.7 Å². The van der Waals surface area contributed by atoms with Gasteiger partial charge in [-0.15, -0.1) is 24.8 Å². The molecule has 34 heavy (non-hydrogen) atoms. The van der Waals surface area contributed by atoms with E-state index in [1.54, 1.807) is 12.1 Å². The molecule has 1 aliphatic carbocycles. The van der Waals surface area contributed by atoms with E-state index in [4.69, 9.17) is 17.4 Å². The van der Waals surface area contributed by atoms with Crippen molar-refractivity contribution in [1.82, 2.24) is 9.80 Å². The van der Waals surface area contributed by atoms with Gasteiger partial charge in [0, 0.05) is 42.4 Å². The number of ether oxygens (including phenoxy) is 1. The molecule has 1 aromatic carbocycles. The van der Waals surface area contributed by atoms with Crippen molar-refractivity contribution in [1.29, 1.82) is 0 Å². The molecule has 9 heteroatoms. The highest BCUT2D eigenvalue weighted by Crippen LogP contribution is 2.39. The number of nitrogens with zero attached hydrogens (tertiary/aromatic N) is 2. The summed E-state index contributed by atoms with van der Waals surface area (Å²) in [6.07, 6.45) is 7.34. The minimum atomic E-state index is -0.535. The van der Waals surface area contributed by atoms with Crippen molar-refractivity contribution in [3.8, 4) is 0 Å². The second-order valence-corrected chi connectivity index (χ2v) is 9.85. The molecule has 2 unspecified atom stereocenters. The third kappa shape index (κ3) is 6.97. The average molecular weight is 534 g/mol. The van der Waals surface area contributed by atoms with Crippen molar-refractivity contribution >= 4 is 49.2 Å². The molecule has 2 heterocycles. The van der Waals surface area contributed by atoms with E-state index in [0.29, 0.717) is 18.5 Å². The Labute approximate surface area is 219 Å². The maximum atomic E-state index is 14.7. The number of Topliss-reactive ketones (excluding diaryl/α,β-unsaturated/α-hetero) is 1. The van der Waals surface area contributed by atoms with Crippen molar-refractivity contribution < 1.29 is 18.7 Å². The molecule has 3 fully saturated rings. The molecule has 1 saturated carbocycles. The molecule has 2 saturated heterocycles. The third-order valence-corrected chi connectivity index (χ3v) is 7.62. The number of piperidine rings is 1. The Balaban J connectivity index is 0.00000204. The van der Waals surface area contributed by atoms with Crippen LogP contribution in [0.2, 0.25) is 0 Å². The second kappa shape index (κ2) is 13.3. The van der Waals surface area contributed by atoms with E-state index in [2.05, 4.69) is 15.9 Å². The number of methoxy groups -OCH3 is 1. The van der Waals surface area contributed by atoms with Crippen molar-refractivity contribution in [2.45, 2.75) is 55.9 Å². The van der Waals surface area contributed by atoms with Crippen LogP contribution in [0, 0.1) is 11.7 Å². The van der Waals surface area contributed by atoms with Crippen LogP contribution in [0.15, 0.2) is 35.9 Å². The standard InChI is InChI=1S/C25H33FN2O3S.2ClH/c1-31-23(29)15-19-5-4-12-27(19)13-10-18-16-28(14-11-22(18)32)24(25(30)17-8-9-17)20-6-2-3-7-21(20)26;;/h2-3,6-7,10,17,19,22,24,32H,4-5,8-9,11-16H2,1H3;2*1H/t19-,22?,24?;;/m0../s1. The van der Waals surface area contributed by atoms with Gasteiger partial charge in [-0.05, 0) is 50.3 Å². The minimum Gasteiger partial charge on any atom is -0.469 e. The summed E-state index contributed by atoms with van der Waals surface area (Å²) in [5.74, 6) is -0.279. The summed E-state index contributed by atoms with van der Waals surface area (Å²) in [5, 5.41) is 0.130. The molecule has 2 aliphatic heterocycles. The summed E-state index contributed by atoms with van der Waals surface area (Å²) >= 11 is 4.80. The van der Waals surface area contributed by atoms with Gasteiger partial charge in [0.15, 0.2) is 5.78 Å². The fourth-order valence-electron chi connectivity index (χ4n) is 5.01. The SMILES string of the molecule is COC(=O)C[C@@H]1CCCN1CC=C1CN(C(C(=O)C2CC2)c2ccccc2F)CCC1S.Cl.Cl. The number of benzene rings is 1. The predicted octanol–water partition coefficient (Wildman–Crippen LogP) is 4.65. The normalized spacial score (nSPS) is 25.3. The van der Waals surface area contributed by atoms with Gasteiger partial charge in [0.2, 0.25) is 0 Å². The second-order valence-electron chi connectivity index (χ2n) is 9.23. The quantitative estimate of drug-likeness (QED) is 0.300. The first-order chi connectivity index (χ1) is 15.5. The molecule has 0 N–H and O–H groups in total.